The van der Waals surface area contributed by atoms with Gasteiger partial charge in [0.15, 0.2) is 0 Å². The first-order valence-corrected chi connectivity index (χ1v) is 6.00. The third kappa shape index (κ3) is 3.42. The third-order valence-electron chi connectivity index (χ3n) is 2.49. The van der Waals surface area contributed by atoms with Gasteiger partial charge in [0.1, 0.15) is 5.82 Å². The van der Waals surface area contributed by atoms with Crippen LogP contribution >= 0.6 is 0 Å². The molecule has 1 heteroatoms. The second kappa shape index (κ2) is 6.19. The van der Waals surface area contributed by atoms with Crippen molar-refractivity contribution in [2.45, 2.75) is 27.7 Å². The molecule has 2 rings (SSSR count). The molecule has 0 aliphatic rings. The Morgan fingerprint density at radius 3 is 1.82 bits per heavy atom. The summed E-state index contributed by atoms with van der Waals surface area (Å²) in [5.41, 5.74) is 3.73. The molecule has 0 nitrogen and oxygen atoms in total. The third-order valence-corrected chi connectivity index (χ3v) is 2.49. The first kappa shape index (κ1) is 13.4. The van der Waals surface area contributed by atoms with Crippen LogP contribution in [0.5, 0.6) is 0 Å². The van der Waals surface area contributed by atoms with Gasteiger partial charge in [-0.25, -0.2) is 4.39 Å². The molecule has 0 saturated carbocycles. The fraction of sp³-hybridized carbons (Fsp3) is 0.250. The topological polar surface area (TPSA) is 0 Å². The van der Waals surface area contributed by atoms with E-state index >= 15 is 0 Å². The van der Waals surface area contributed by atoms with E-state index in [9.17, 15) is 4.39 Å². The minimum atomic E-state index is -0.154. The van der Waals surface area contributed by atoms with Gasteiger partial charge in [-0.05, 0) is 31.0 Å². The van der Waals surface area contributed by atoms with Gasteiger partial charge in [-0.15, -0.1) is 0 Å². The Labute approximate surface area is 103 Å². The Morgan fingerprint density at radius 2 is 1.29 bits per heavy atom. The molecular weight excluding hydrogens is 211 g/mol. The molecule has 0 atom stereocenters. The van der Waals surface area contributed by atoms with Crippen LogP contribution in [0, 0.1) is 19.7 Å². The van der Waals surface area contributed by atoms with E-state index in [0.717, 1.165) is 11.1 Å². The molecule has 0 unspecified atom stereocenters. The smallest absolute Gasteiger partial charge is 0.131 e. The average Bonchev–Trinajstić information content (AvgIpc) is 2.33. The molecule has 2 aromatic carbocycles. The molecule has 0 radical (unpaired) electrons. The highest BCUT2D eigenvalue weighted by molar-refractivity contribution is 5.64. The SMILES string of the molecule is CC.Cc1ccc(-c2ccc(C)cc2F)cc1. The van der Waals surface area contributed by atoms with Gasteiger partial charge >= 0.3 is 0 Å². The quantitative estimate of drug-likeness (QED) is 0.636. The van der Waals surface area contributed by atoms with Gasteiger partial charge in [0, 0.05) is 5.56 Å². The maximum atomic E-state index is 13.6. The predicted molar refractivity (Wildman–Crippen MR) is 72.7 cm³/mol. The van der Waals surface area contributed by atoms with Crippen LogP contribution < -0.4 is 0 Å². The lowest BCUT2D eigenvalue weighted by Crippen LogP contribution is -1.85. The Balaban J connectivity index is 0.000000686. The number of rotatable bonds is 1. The van der Waals surface area contributed by atoms with Crippen molar-refractivity contribution in [3.8, 4) is 11.1 Å². The van der Waals surface area contributed by atoms with Gasteiger partial charge in [-0.2, -0.15) is 0 Å². The number of aryl methyl sites for hydroxylation is 2. The molecule has 0 saturated heterocycles. The van der Waals surface area contributed by atoms with Gasteiger partial charge in [-0.3, -0.25) is 0 Å². The number of hydrogen-bond donors (Lipinski definition) is 0. The fourth-order valence-corrected chi connectivity index (χ4v) is 1.59. The van der Waals surface area contributed by atoms with E-state index in [2.05, 4.69) is 0 Å². The van der Waals surface area contributed by atoms with Crippen molar-refractivity contribution in [1.82, 2.24) is 0 Å². The van der Waals surface area contributed by atoms with E-state index in [1.54, 1.807) is 6.07 Å². The summed E-state index contributed by atoms with van der Waals surface area (Å²) in [7, 11) is 0. The summed E-state index contributed by atoms with van der Waals surface area (Å²) in [6.45, 7) is 7.91. The maximum absolute atomic E-state index is 13.6. The normalized spacial score (nSPS) is 9.47. The summed E-state index contributed by atoms with van der Waals surface area (Å²) in [5.74, 6) is -0.154. The van der Waals surface area contributed by atoms with Crippen LogP contribution in [0.3, 0.4) is 0 Å². The van der Waals surface area contributed by atoms with Crippen molar-refractivity contribution in [3.63, 3.8) is 0 Å². The summed E-state index contributed by atoms with van der Waals surface area (Å²) >= 11 is 0. The van der Waals surface area contributed by atoms with Gasteiger partial charge in [-0.1, -0.05) is 55.8 Å². The van der Waals surface area contributed by atoms with Gasteiger partial charge in [0.05, 0.1) is 0 Å². The predicted octanol–water partition coefficient (Wildman–Crippen LogP) is 5.14. The van der Waals surface area contributed by atoms with E-state index in [-0.39, 0.29) is 5.82 Å². The molecule has 90 valence electrons. The molecule has 0 aliphatic heterocycles. The summed E-state index contributed by atoms with van der Waals surface area (Å²) < 4.78 is 13.6. The highest BCUT2D eigenvalue weighted by Crippen LogP contribution is 2.23. The first-order valence-electron chi connectivity index (χ1n) is 6.00. The fourth-order valence-electron chi connectivity index (χ4n) is 1.59. The minimum absolute atomic E-state index is 0.154. The number of hydrogen-bond acceptors (Lipinski definition) is 0. The zero-order chi connectivity index (χ0) is 12.8. The van der Waals surface area contributed by atoms with Crippen molar-refractivity contribution in [1.29, 1.82) is 0 Å². The van der Waals surface area contributed by atoms with Crippen molar-refractivity contribution in [3.05, 3.63) is 59.4 Å². The summed E-state index contributed by atoms with van der Waals surface area (Å²) in [6.07, 6.45) is 0. The van der Waals surface area contributed by atoms with E-state index in [1.165, 1.54) is 5.56 Å². The summed E-state index contributed by atoms with van der Waals surface area (Å²) in [5, 5.41) is 0. The summed E-state index contributed by atoms with van der Waals surface area (Å²) in [4.78, 5) is 0. The van der Waals surface area contributed by atoms with Gasteiger partial charge in [0.25, 0.3) is 0 Å². The molecule has 0 N–H and O–H groups in total. The largest absolute Gasteiger partial charge is 0.206 e. The highest BCUT2D eigenvalue weighted by Gasteiger charge is 2.03. The second-order valence-electron chi connectivity index (χ2n) is 3.85. The lowest BCUT2D eigenvalue weighted by atomic mass is 10.0. The van der Waals surface area contributed by atoms with Crippen LogP contribution in [0.1, 0.15) is 25.0 Å². The average molecular weight is 230 g/mol. The molecule has 0 bridgehead atoms. The molecular formula is C16H19F. The minimum Gasteiger partial charge on any atom is -0.206 e. The molecule has 0 fully saturated rings. The van der Waals surface area contributed by atoms with E-state index in [1.807, 2.05) is 64.1 Å². The molecule has 0 amide bonds. The zero-order valence-electron chi connectivity index (χ0n) is 10.9. The van der Waals surface area contributed by atoms with Crippen LogP contribution in [-0.2, 0) is 0 Å². The Kier molecular flexibility index (Phi) is 4.89. The van der Waals surface area contributed by atoms with Crippen molar-refractivity contribution >= 4 is 0 Å². The lowest BCUT2D eigenvalue weighted by Gasteiger charge is -2.04. The highest BCUT2D eigenvalue weighted by atomic mass is 19.1. The first-order chi connectivity index (χ1) is 8.16. The molecule has 2 aromatic rings. The standard InChI is InChI=1S/C14H13F.C2H6/c1-10-3-6-12(7-4-10)13-8-5-11(2)9-14(13)15;1-2/h3-9H,1-2H3;1-2H3. The maximum Gasteiger partial charge on any atom is 0.131 e. The lowest BCUT2D eigenvalue weighted by molar-refractivity contribution is 0.630. The van der Waals surface area contributed by atoms with Crippen molar-refractivity contribution in [2.24, 2.45) is 0 Å². The van der Waals surface area contributed by atoms with Crippen molar-refractivity contribution in [2.75, 3.05) is 0 Å². The van der Waals surface area contributed by atoms with Gasteiger partial charge in [0.2, 0.25) is 0 Å². The van der Waals surface area contributed by atoms with Crippen LogP contribution in [-0.4, -0.2) is 0 Å². The van der Waals surface area contributed by atoms with Crippen LogP contribution in [0.2, 0.25) is 0 Å². The van der Waals surface area contributed by atoms with Crippen molar-refractivity contribution < 1.29 is 4.39 Å². The second-order valence-corrected chi connectivity index (χ2v) is 3.85. The molecule has 0 aromatic heterocycles. The van der Waals surface area contributed by atoms with E-state index < -0.39 is 0 Å². The molecule has 0 heterocycles. The Morgan fingerprint density at radius 1 is 0.765 bits per heavy atom. The van der Waals surface area contributed by atoms with Gasteiger partial charge < -0.3 is 0 Å². The Hall–Kier alpha value is -1.63. The van der Waals surface area contributed by atoms with E-state index in [4.69, 9.17) is 0 Å². The monoisotopic (exact) mass is 230 g/mol. The van der Waals surface area contributed by atoms with Crippen LogP contribution in [0.15, 0.2) is 42.5 Å². The summed E-state index contributed by atoms with van der Waals surface area (Å²) in [6, 6.07) is 13.2. The zero-order valence-corrected chi connectivity index (χ0v) is 10.9. The van der Waals surface area contributed by atoms with Crippen LogP contribution in [0.4, 0.5) is 4.39 Å². The van der Waals surface area contributed by atoms with Crippen LogP contribution in [0.25, 0.3) is 11.1 Å². The number of halogens is 1. The Bertz CT molecular complexity index is 469. The molecule has 0 spiro atoms. The molecule has 0 aliphatic carbocycles. The molecule has 17 heavy (non-hydrogen) atoms. The number of benzene rings is 2. The van der Waals surface area contributed by atoms with E-state index in [0.29, 0.717) is 5.56 Å².